The van der Waals surface area contributed by atoms with E-state index in [4.69, 9.17) is 0 Å². The first-order valence-corrected chi connectivity index (χ1v) is 8.72. The molecule has 0 spiro atoms. The van der Waals surface area contributed by atoms with Gasteiger partial charge in [0.25, 0.3) is 0 Å². The third-order valence-electron chi connectivity index (χ3n) is 5.93. The summed E-state index contributed by atoms with van der Waals surface area (Å²) in [6.45, 7) is 0.850. The van der Waals surface area contributed by atoms with Gasteiger partial charge in [-0.3, -0.25) is 9.59 Å². The number of aliphatic carboxylic acids is 1. The molecule has 1 saturated heterocycles. The lowest BCUT2D eigenvalue weighted by atomic mass is 9.78. The van der Waals surface area contributed by atoms with Gasteiger partial charge in [-0.05, 0) is 44.4 Å². The number of hydrogen-bond donors (Lipinski definition) is 1. The number of amides is 1. The van der Waals surface area contributed by atoms with E-state index in [0.29, 0.717) is 18.4 Å². The minimum Gasteiger partial charge on any atom is -0.481 e. The molecule has 0 radical (unpaired) electrons. The molecule has 3 rings (SSSR count). The largest absolute Gasteiger partial charge is 0.481 e. The van der Waals surface area contributed by atoms with Crippen molar-refractivity contribution < 1.29 is 14.7 Å². The first-order valence-electron chi connectivity index (χ1n) is 8.72. The summed E-state index contributed by atoms with van der Waals surface area (Å²) in [6, 6.07) is 0.399. The lowest BCUT2D eigenvalue weighted by molar-refractivity contribution is -0.153. The van der Waals surface area contributed by atoms with Gasteiger partial charge >= 0.3 is 5.97 Å². The summed E-state index contributed by atoms with van der Waals surface area (Å²) in [7, 11) is 0. The fraction of sp³-hybridized carbons (Fsp3) is 0.882. The van der Waals surface area contributed by atoms with Crippen LogP contribution < -0.4 is 0 Å². The molecule has 3 fully saturated rings. The molecule has 1 heterocycles. The lowest BCUT2D eigenvalue weighted by Crippen LogP contribution is -2.46. The van der Waals surface area contributed by atoms with Gasteiger partial charge in [0.1, 0.15) is 0 Å². The van der Waals surface area contributed by atoms with Crippen molar-refractivity contribution in [3.8, 4) is 0 Å². The van der Waals surface area contributed by atoms with Crippen molar-refractivity contribution in [2.24, 2.45) is 17.8 Å². The van der Waals surface area contributed by atoms with Crippen molar-refractivity contribution in [2.75, 3.05) is 6.54 Å². The van der Waals surface area contributed by atoms with E-state index in [1.807, 2.05) is 0 Å². The zero-order chi connectivity index (χ0) is 14.8. The Bertz CT molecular complexity index is 403. The monoisotopic (exact) mass is 293 g/mol. The Morgan fingerprint density at radius 3 is 2.10 bits per heavy atom. The van der Waals surface area contributed by atoms with Crippen molar-refractivity contribution in [1.82, 2.24) is 4.90 Å². The number of likely N-dealkylation sites (tertiary alicyclic amines) is 1. The zero-order valence-electron chi connectivity index (χ0n) is 12.8. The number of carbonyl (C=O) groups is 2. The standard InChI is InChI=1S/C17H27NO3/c19-16(13-8-3-4-9-14(13)17(20)21)18-11-5-10-15(18)12-6-1-2-7-12/h12-15H,1-11H2,(H,20,21). The molecule has 0 aromatic rings. The minimum absolute atomic E-state index is 0.150. The van der Waals surface area contributed by atoms with Gasteiger partial charge in [0.2, 0.25) is 5.91 Å². The van der Waals surface area contributed by atoms with Crippen molar-refractivity contribution in [3.63, 3.8) is 0 Å². The molecule has 3 unspecified atom stereocenters. The van der Waals surface area contributed by atoms with Crippen LogP contribution in [0, 0.1) is 17.8 Å². The lowest BCUT2D eigenvalue weighted by Gasteiger charge is -2.35. The predicted octanol–water partition coefficient (Wildman–Crippen LogP) is 3.06. The van der Waals surface area contributed by atoms with Crippen LogP contribution in [0.15, 0.2) is 0 Å². The number of rotatable bonds is 3. The Kier molecular flexibility index (Phi) is 4.51. The summed E-state index contributed by atoms with van der Waals surface area (Å²) in [4.78, 5) is 26.5. The number of hydrogen-bond acceptors (Lipinski definition) is 2. The van der Waals surface area contributed by atoms with E-state index in [2.05, 4.69) is 4.90 Å². The molecule has 1 aliphatic heterocycles. The second kappa shape index (κ2) is 6.37. The summed E-state index contributed by atoms with van der Waals surface area (Å²) in [5.41, 5.74) is 0. The van der Waals surface area contributed by atoms with Crippen molar-refractivity contribution in [2.45, 2.75) is 70.3 Å². The number of carboxylic acid groups (broad SMARTS) is 1. The second-order valence-corrected chi connectivity index (χ2v) is 7.12. The Morgan fingerprint density at radius 2 is 1.43 bits per heavy atom. The Labute approximate surface area is 126 Å². The van der Waals surface area contributed by atoms with E-state index in [1.54, 1.807) is 0 Å². The van der Waals surface area contributed by atoms with Crippen LogP contribution in [0.3, 0.4) is 0 Å². The maximum atomic E-state index is 12.9. The van der Waals surface area contributed by atoms with Crippen molar-refractivity contribution in [3.05, 3.63) is 0 Å². The highest BCUT2D eigenvalue weighted by molar-refractivity contribution is 5.85. The molecule has 21 heavy (non-hydrogen) atoms. The van der Waals surface area contributed by atoms with Gasteiger partial charge in [-0.15, -0.1) is 0 Å². The average Bonchev–Trinajstić information content (AvgIpc) is 3.16. The first kappa shape index (κ1) is 14.9. The fourth-order valence-corrected chi connectivity index (χ4v) is 4.83. The summed E-state index contributed by atoms with van der Waals surface area (Å²) < 4.78 is 0. The van der Waals surface area contributed by atoms with Crippen LogP contribution in [0.2, 0.25) is 0 Å². The van der Waals surface area contributed by atoms with E-state index >= 15 is 0 Å². The zero-order valence-corrected chi connectivity index (χ0v) is 12.8. The van der Waals surface area contributed by atoms with E-state index in [9.17, 15) is 14.7 Å². The van der Waals surface area contributed by atoms with Gasteiger partial charge in [0.05, 0.1) is 11.8 Å². The molecule has 0 aromatic heterocycles. The molecule has 1 N–H and O–H groups in total. The quantitative estimate of drug-likeness (QED) is 0.870. The van der Waals surface area contributed by atoms with E-state index in [-0.39, 0.29) is 11.8 Å². The molecular formula is C17H27NO3. The SMILES string of the molecule is O=C(O)C1CCCCC1C(=O)N1CCCC1C1CCCC1. The normalized spacial score (nSPS) is 34.3. The molecule has 3 atom stereocenters. The Hall–Kier alpha value is -1.06. The highest BCUT2D eigenvalue weighted by Crippen LogP contribution is 2.38. The summed E-state index contributed by atoms with van der Waals surface area (Å²) in [5.74, 6) is -0.668. The van der Waals surface area contributed by atoms with Crippen molar-refractivity contribution >= 4 is 11.9 Å². The Morgan fingerprint density at radius 1 is 0.810 bits per heavy atom. The van der Waals surface area contributed by atoms with Gasteiger partial charge in [-0.2, -0.15) is 0 Å². The third-order valence-corrected chi connectivity index (χ3v) is 5.93. The van der Waals surface area contributed by atoms with Crippen LogP contribution in [0.1, 0.15) is 64.2 Å². The van der Waals surface area contributed by atoms with Crippen LogP contribution in [0.4, 0.5) is 0 Å². The van der Waals surface area contributed by atoms with Crippen LogP contribution >= 0.6 is 0 Å². The van der Waals surface area contributed by atoms with E-state index in [0.717, 1.165) is 38.6 Å². The molecule has 0 bridgehead atoms. The summed E-state index contributed by atoms with van der Waals surface area (Å²) >= 11 is 0. The van der Waals surface area contributed by atoms with E-state index in [1.165, 1.54) is 25.7 Å². The molecule has 4 nitrogen and oxygen atoms in total. The molecule has 3 aliphatic rings. The Balaban J connectivity index is 1.71. The van der Waals surface area contributed by atoms with E-state index < -0.39 is 11.9 Å². The first-order chi connectivity index (χ1) is 10.2. The smallest absolute Gasteiger partial charge is 0.307 e. The van der Waals surface area contributed by atoms with Crippen LogP contribution in [0.25, 0.3) is 0 Å². The van der Waals surface area contributed by atoms with Crippen LogP contribution in [0.5, 0.6) is 0 Å². The molecule has 1 amide bonds. The van der Waals surface area contributed by atoms with Gasteiger partial charge in [-0.25, -0.2) is 0 Å². The number of carbonyl (C=O) groups excluding carboxylic acids is 1. The van der Waals surface area contributed by atoms with Crippen LogP contribution in [-0.2, 0) is 9.59 Å². The second-order valence-electron chi connectivity index (χ2n) is 7.12. The summed E-state index contributed by atoms with van der Waals surface area (Å²) in [6.07, 6.45) is 10.7. The highest BCUT2D eigenvalue weighted by atomic mass is 16.4. The van der Waals surface area contributed by atoms with Gasteiger partial charge < -0.3 is 10.0 Å². The number of nitrogens with zero attached hydrogens (tertiary/aromatic N) is 1. The molecule has 2 aliphatic carbocycles. The average molecular weight is 293 g/mol. The highest BCUT2D eigenvalue weighted by Gasteiger charge is 2.42. The molecular weight excluding hydrogens is 266 g/mol. The summed E-state index contributed by atoms with van der Waals surface area (Å²) in [5, 5.41) is 9.41. The maximum absolute atomic E-state index is 12.9. The maximum Gasteiger partial charge on any atom is 0.307 e. The fourth-order valence-electron chi connectivity index (χ4n) is 4.83. The third kappa shape index (κ3) is 2.95. The van der Waals surface area contributed by atoms with Gasteiger partial charge in [0.15, 0.2) is 0 Å². The topological polar surface area (TPSA) is 57.6 Å². The molecule has 4 heteroatoms. The van der Waals surface area contributed by atoms with Crippen molar-refractivity contribution in [1.29, 1.82) is 0 Å². The van der Waals surface area contributed by atoms with Crippen LogP contribution in [-0.4, -0.2) is 34.5 Å². The predicted molar refractivity (Wildman–Crippen MR) is 79.8 cm³/mol. The molecule has 118 valence electrons. The molecule has 0 aromatic carbocycles. The van der Waals surface area contributed by atoms with Gasteiger partial charge in [0, 0.05) is 12.6 Å². The number of carboxylic acids is 1. The minimum atomic E-state index is -0.773. The molecule has 2 saturated carbocycles. The van der Waals surface area contributed by atoms with Gasteiger partial charge in [-0.1, -0.05) is 25.7 Å².